The summed E-state index contributed by atoms with van der Waals surface area (Å²) in [6, 6.07) is 18.4. The van der Waals surface area contributed by atoms with Crippen LogP contribution in [-0.4, -0.2) is 25.8 Å². The molecule has 0 radical (unpaired) electrons. The van der Waals surface area contributed by atoms with E-state index in [0.717, 1.165) is 31.0 Å². The smallest absolute Gasteiger partial charge is 0.151 e. The van der Waals surface area contributed by atoms with Gasteiger partial charge in [-0.2, -0.15) is 0 Å². The molecule has 0 amide bonds. The second-order valence-electron chi connectivity index (χ2n) is 5.02. The van der Waals surface area contributed by atoms with Crippen LogP contribution in [0.5, 0.6) is 5.75 Å². The minimum atomic E-state index is -0.0998. The first kappa shape index (κ1) is 14.8. The SMILES string of the molecule is Ic1cccc(OC(c2ccccc2)C2CNCCO2)c1. The zero-order chi connectivity index (χ0) is 14.5. The molecule has 0 aromatic heterocycles. The van der Waals surface area contributed by atoms with Crippen LogP contribution in [0.25, 0.3) is 0 Å². The number of ether oxygens (including phenoxy) is 2. The van der Waals surface area contributed by atoms with Gasteiger partial charge in [-0.05, 0) is 46.4 Å². The summed E-state index contributed by atoms with van der Waals surface area (Å²) in [7, 11) is 0. The van der Waals surface area contributed by atoms with E-state index in [0.29, 0.717) is 0 Å². The molecular formula is C17H18INO2. The Morgan fingerprint density at radius 3 is 2.71 bits per heavy atom. The van der Waals surface area contributed by atoms with Gasteiger partial charge in [0.05, 0.1) is 6.61 Å². The van der Waals surface area contributed by atoms with Gasteiger partial charge in [-0.25, -0.2) is 0 Å². The van der Waals surface area contributed by atoms with Crippen LogP contribution in [-0.2, 0) is 4.74 Å². The Balaban J connectivity index is 1.85. The maximum Gasteiger partial charge on any atom is 0.151 e. The van der Waals surface area contributed by atoms with E-state index in [2.05, 4.69) is 46.1 Å². The maximum atomic E-state index is 6.25. The molecule has 3 rings (SSSR count). The number of morpholine rings is 1. The van der Waals surface area contributed by atoms with Crippen molar-refractivity contribution in [2.24, 2.45) is 0 Å². The van der Waals surface area contributed by atoms with Crippen LogP contribution in [0.15, 0.2) is 54.6 Å². The van der Waals surface area contributed by atoms with Gasteiger partial charge in [0, 0.05) is 16.7 Å². The fourth-order valence-electron chi connectivity index (χ4n) is 2.47. The highest BCUT2D eigenvalue weighted by atomic mass is 127. The topological polar surface area (TPSA) is 30.5 Å². The molecule has 2 aromatic rings. The van der Waals surface area contributed by atoms with Gasteiger partial charge in [-0.15, -0.1) is 0 Å². The average molecular weight is 395 g/mol. The van der Waals surface area contributed by atoms with Crippen LogP contribution in [0.3, 0.4) is 0 Å². The van der Waals surface area contributed by atoms with Crippen molar-refractivity contribution in [3.8, 4) is 5.75 Å². The lowest BCUT2D eigenvalue weighted by Gasteiger charge is -2.31. The second-order valence-corrected chi connectivity index (χ2v) is 6.27. The monoisotopic (exact) mass is 395 g/mol. The minimum Gasteiger partial charge on any atom is -0.483 e. The highest BCUT2D eigenvalue weighted by Crippen LogP contribution is 2.28. The Bertz CT molecular complexity index is 570. The van der Waals surface area contributed by atoms with Crippen molar-refractivity contribution in [1.82, 2.24) is 5.32 Å². The lowest BCUT2D eigenvalue weighted by Crippen LogP contribution is -2.43. The fourth-order valence-corrected chi connectivity index (χ4v) is 2.98. The third kappa shape index (κ3) is 3.96. The fraction of sp³-hybridized carbons (Fsp3) is 0.294. The maximum absolute atomic E-state index is 6.25. The van der Waals surface area contributed by atoms with Crippen molar-refractivity contribution in [2.75, 3.05) is 19.7 Å². The first-order chi connectivity index (χ1) is 10.3. The highest BCUT2D eigenvalue weighted by molar-refractivity contribution is 14.1. The third-order valence-corrected chi connectivity index (χ3v) is 4.15. The minimum absolute atomic E-state index is 0.0269. The largest absolute Gasteiger partial charge is 0.483 e. The normalized spacial score (nSPS) is 20.0. The van der Waals surface area contributed by atoms with Crippen molar-refractivity contribution in [2.45, 2.75) is 12.2 Å². The molecule has 1 N–H and O–H groups in total. The highest BCUT2D eigenvalue weighted by Gasteiger charge is 2.27. The van der Waals surface area contributed by atoms with Crippen LogP contribution >= 0.6 is 22.6 Å². The summed E-state index contributed by atoms with van der Waals surface area (Å²) < 4.78 is 13.3. The molecule has 110 valence electrons. The van der Waals surface area contributed by atoms with Crippen molar-refractivity contribution in [3.63, 3.8) is 0 Å². The molecule has 2 unspecified atom stereocenters. The summed E-state index contributed by atoms with van der Waals surface area (Å²) in [5.41, 5.74) is 1.14. The predicted molar refractivity (Wildman–Crippen MR) is 91.6 cm³/mol. The lowest BCUT2D eigenvalue weighted by molar-refractivity contribution is -0.0432. The van der Waals surface area contributed by atoms with E-state index in [-0.39, 0.29) is 12.2 Å². The van der Waals surface area contributed by atoms with Crippen molar-refractivity contribution in [3.05, 3.63) is 63.7 Å². The quantitative estimate of drug-likeness (QED) is 0.806. The number of hydrogen-bond donors (Lipinski definition) is 1. The Morgan fingerprint density at radius 2 is 2.00 bits per heavy atom. The Kier molecular flexibility index (Phi) is 5.11. The van der Waals surface area contributed by atoms with Crippen LogP contribution in [0, 0.1) is 3.57 Å². The van der Waals surface area contributed by atoms with Gasteiger partial charge in [0.2, 0.25) is 0 Å². The predicted octanol–water partition coefficient (Wildman–Crippen LogP) is 3.40. The zero-order valence-corrected chi connectivity index (χ0v) is 13.8. The molecule has 3 nitrogen and oxygen atoms in total. The molecule has 21 heavy (non-hydrogen) atoms. The molecule has 1 aliphatic heterocycles. The van der Waals surface area contributed by atoms with E-state index in [9.17, 15) is 0 Å². The van der Waals surface area contributed by atoms with E-state index in [4.69, 9.17) is 9.47 Å². The zero-order valence-electron chi connectivity index (χ0n) is 11.7. The molecule has 2 aromatic carbocycles. The van der Waals surface area contributed by atoms with Gasteiger partial charge in [-0.3, -0.25) is 0 Å². The molecule has 2 atom stereocenters. The first-order valence-corrected chi connectivity index (χ1v) is 8.20. The molecule has 1 saturated heterocycles. The van der Waals surface area contributed by atoms with E-state index < -0.39 is 0 Å². The number of rotatable bonds is 4. The van der Waals surface area contributed by atoms with Crippen LogP contribution in [0.2, 0.25) is 0 Å². The molecule has 0 spiro atoms. The summed E-state index contributed by atoms with van der Waals surface area (Å²) in [4.78, 5) is 0. The Hall–Kier alpha value is -1.11. The summed E-state index contributed by atoms with van der Waals surface area (Å²) >= 11 is 2.30. The third-order valence-electron chi connectivity index (χ3n) is 3.48. The molecule has 1 aliphatic rings. The van der Waals surface area contributed by atoms with Gasteiger partial charge < -0.3 is 14.8 Å². The second kappa shape index (κ2) is 7.24. The van der Waals surface area contributed by atoms with E-state index in [1.165, 1.54) is 3.57 Å². The van der Waals surface area contributed by atoms with Crippen molar-refractivity contribution in [1.29, 1.82) is 0 Å². The number of hydrogen-bond acceptors (Lipinski definition) is 3. The molecular weight excluding hydrogens is 377 g/mol. The number of nitrogens with one attached hydrogen (secondary N) is 1. The van der Waals surface area contributed by atoms with Gasteiger partial charge in [0.1, 0.15) is 11.9 Å². The van der Waals surface area contributed by atoms with Gasteiger partial charge >= 0.3 is 0 Å². The van der Waals surface area contributed by atoms with Gasteiger partial charge in [-0.1, -0.05) is 36.4 Å². The van der Waals surface area contributed by atoms with Crippen LogP contribution in [0.4, 0.5) is 0 Å². The summed E-state index contributed by atoms with van der Waals surface area (Å²) in [6.45, 7) is 2.44. The van der Waals surface area contributed by atoms with E-state index in [1.807, 2.05) is 36.4 Å². The van der Waals surface area contributed by atoms with Crippen LogP contribution in [0.1, 0.15) is 11.7 Å². The molecule has 4 heteroatoms. The van der Waals surface area contributed by atoms with Crippen molar-refractivity contribution >= 4 is 22.6 Å². The standard InChI is InChI=1S/C17H18INO2/c18-14-7-4-8-15(11-14)21-17(13-5-2-1-3-6-13)16-12-19-9-10-20-16/h1-8,11,16-17,19H,9-10,12H2. The lowest BCUT2D eigenvalue weighted by atomic mass is 10.0. The average Bonchev–Trinajstić information content (AvgIpc) is 2.54. The Morgan fingerprint density at radius 1 is 1.14 bits per heavy atom. The summed E-state index contributed by atoms with van der Waals surface area (Å²) in [5, 5.41) is 3.38. The molecule has 0 aliphatic carbocycles. The van der Waals surface area contributed by atoms with Gasteiger partial charge in [0.25, 0.3) is 0 Å². The van der Waals surface area contributed by atoms with Crippen molar-refractivity contribution < 1.29 is 9.47 Å². The molecule has 1 heterocycles. The van der Waals surface area contributed by atoms with Gasteiger partial charge in [0.15, 0.2) is 6.10 Å². The summed E-state index contributed by atoms with van der Waals surface area (Å²) in [5.74, 6) is 0.880. The van der Waals surface area contributed by atoms with E-state index >= 15 is 0 Å². The number of halogens is 1. The van der Waals surface area contributed by atoms with E-state index in [1.54, 1.807) is 0 Å². The molecule has 1 fully saturated rings. The Labute approximate surface area is 138 Å². The van der Waals surface area contributed by atoms with Crippen LogP contribution < -0.4 is 10.1 Å². The summed E-state index contributed by atoms with van der Waals surface area (Å²) in [6.07, 6.45) is -0.0729. The number of benzene rings is 2. The molecule has 0 bridgehead atoms. The first-order valence-electron chi connectivity index (χ1n) is 7.12. The molecule has 0 saturated carbocycles.